The number of carbonyl (C=O) groups excluding carboxylic acids is 1. The Labute approximate surface area is 146 Å². The minimum atomic E-state index is -0.332. The number of aromatic nitrogens is 3. The first-order valence-corrected chi connectivity index (χ1v) is 8.77. The maximum atomic E-state index is 13.0. The number of benzene rings is 1. The molecule has 2 N–H and O–H groups in total. The van der Waals surface area contributed by atoms with Crippen molar-refractivity contribution in [3.05, 3.63) is 42.0 Å². The Morgan fingerprint density at radius 2 is 2.00 bits per heavy atom. The summed E-state index contributed by atoms with van der Waals surface area (Å²) in [4.78, 5) is 12.5. The fourth-order valence-corrected chi connectivity index (χ4v) is 3.43. The Kier molecular flexibility index (Phi) is 5.75. The molecule has 1 heterocycles. The van der Waals surface area contributed by atoms with Crippen LogP contribution in [0.2, 0.25) is 0 Å². The molecule has 6 nitrogen and oxygen atoms in total. The molecule has 1 fully saturated rings. The Morgan fingerprint density at radius 1 is 1.28 bits per heavy atom. The van der Waals surface area contributed by atoms with Crippen molar-refractivity contribution >= 4 is 5.91 Å². The van der Waals surface area contributed by atoms with Crippen LogP contribution in [0.3, 0.4) is 0 Å². The molecule has 0 aliphatic heterocycles. The summed E-state index contributed by atoms with van der Waals surface area (Å²) >= 11 is 0. The van der Waals surface area contributed by atoms with Crippen molar-refractivity contribution in [1.82, 2.24) is 20.3 Å². The Morgan fingerprint density at radius 3 is 2.68 bits per heavy atom. The second-order valence-corrected chi connectivity index (χ2v) is 6.52. The Balaban J connectivity index is 1.68. The predicted octanol–water partition coefficient (Wildman–Crippen LogP) is 2.47. The standard InChI is InChI=1S/C18H23FN4O2/c19-14-6-8-15(9-7-14)23-12-17(21-22-23)18(25)20-16(10-11-24)13-4-2-1-3-5-13/h6-9,12-13,16,24H,1-5,10-11H2,(H,20,25). The van der Waals surface area contributed by atoms with Crippen molar-refractivity contribution in [3.8, 4) is 5.69 Å². The fraction of sp³-hybridized carbons (Fsp3) is 0.500. The van der Waals surface area contributed by atoms with E-state index in [0.29, 0.717) is 18.0 Å². The highest BCUT2D eigenvalue weighted by atomic mass is 19.1. The van der Waals surface area contributed by atoms with Crippen molar-refractivity contribution in [2.24, 2.45) is 5.92 Å². The van der Waals surface area contributed by atoms with Gasteiger partial charge in [-0.3, -0.25) is 4.79 Å². The molecule has 1 aromatic heterocycles. The van der Waals surface area contributed by atoms with Gasteiger partial charge in [0, 0.05) is 12.6 Å². The lowest BCUT2D eigenvalue weighted by atomic mass is 9.82. The lowest BCUT2D eigenvalue weighted by molar-refractivity contribution is 0.0894. The van der Waals surface area contributed by atoms with Crippen molar-refractivity contribution in [2.45, 2.75) is 44.6 Å². The number of halogens is 1. The van der Waals surface area contributed by atoms with Gasteiger partial charge in [0.1, 0.15) is 5.82 Å². The van der Waals surface area contributed by atoms with E-state index in [0.717, 1.165) is 12.8 Å². The molecule has 1 aromatic carbocycles. The van der Waals surface area contributed by atoms with Gasteiger partial charge in [-0.25, -0.2) is 9.07 Å². The van der Waals surface area contributed by atoms with Crippen LogP contribution in [0.1, 0.15) is 49.0 Å². The van der Waals surface area contributed by atoms with E-state index in [1.807, 2.05) is 0 Å². The van der Waals surface area contributed by atoms with E-state index in [1.165, 1.54) is 42.3 Å². The van der Waals surface area contributed by atoms with E-state index in [1.54, 1.807) is 12.1 Å². The van der Waals surface area contributed by atoms with Gasteiger partial charge in [0.15, 0.2) is 5.69 Å². The number of hydrogen-bond donors (Lipinski definition) is 2. The molecule has 1 aliphatic rings. The zero-order valence-corrected chi connectivity index (χ0v) is 14.1. The van der Waals surface area contributed by atoms with Gasteiger partial charge in [0.25, 0.3) is 5.91 Å². The van der Waals surface area contributed by atoms with E-state index in [4.69, 9.17) is 0 Å². The number of aliphatic hydroxyl groups excluding tert-OH is 1. The summed E-state index contributed by atoms with van der Waals surface area (Å²) in [7, 11) is 0. The van der Waals surface area contributed by atoms with Crippen molar-refractivity contribution in [2.75, 3.05) is 6.61 Å². The van der Waals surface area contributed by atoms with Crippen LogP contribution >= 0.6 is 0 Å². The van der Waals surface area contributed by atoms with Crippen molar-refractivity contribution < 1.29 is 14.3 Å². The van der Waals surface area contributed by atoms with Crippen LogP contribution in [0.15, 0.2) is 30.5 Å². The van der Waals surface area contributed by atoms with Gasteiger partial charge in [0.05, 0.1) is 11.9 Å². The second kappa shape index (κ2) is 8.20. The molecule has 0 spiro atoms. The van der Waals surface area contributed by atoms with E-state index in [-0.39, 0.29) is 30.1 Å². The summed E-state index contributed by atoms with van der Waals surface area (Å²) in [6.07, 6.45) is 7.80. The monoisotopic (exact) mass is 346 g/mol. The minimum absolute atomic E-state index is 0.0454. The average Bonchev–Trinajstić information content (AvgIpc) is 3.13. The molecular weight excluding hydrogens is 323 g/mol. The highest BCUT2D eigenvalue weighted by molar-refractivity contribution is 5.92. The van der Waals surface area contributed by atoms with Crippen molar-refractivity contribution in [3.63, 3.8) is 0 Å². The lowest BCUT2D eigenvalue weighted by Crippen LogP contribution is -2.41. The zero-order chi connectivity index (χ0) is 17.6. The van der Waals surface area contributed by atoms with Crippen molar-refractivity contribution in [1.29, 1.82) is 0 Å². The number of rotatable bonds is 6. The van der Waals surface area contributed by atoms with E-state index in [2.05, 4.69) is 15.6 Å². The van der Waals surface area contributed by atoms with Gasteiger partial charge in [-0.1, -0.05) is 24.5 Å². The maximum absolute atomic E-state index is 13.0. The smallest absolute Gasteiger partial charge is 0.273 e. The van der Waals surface area contributed by atoms with Crippen LogP contribution in [0.5, 0.6) is 0 Å². The quantitative estimate of drug-likeness (QED) is 0.842. The molecule has 7 heteroatoms. The summed E-state index contributed by atoms with van der Waals surface area (Å²) in [5, 5.41) is 20.2. The molecule has 3 rings (SSSR count). The molecule has 0 radical (unpaired) electrons. The van der Waals surface area contributed by atoms with Gasteiger partial charge in [0.2, 0.25) is 0 Å². The summed E-state index contributed by atoms with van der Waals surface area (Å²) in [6, 6.07) is 5.76. The number of nitrogens with one attached hydrogen (secondary N) is 1. The molecule has 0 saturated heterocycles. The zero-order valence-electron chi connectivity index (χ0n) is 14.1. The topological polar surface area (TPSA) is 80.0 Å². The van der Waals surface area contributed by atoms with Crippen LogP contribution in [-0.4, -0.2) is 38.7 Å². The molecule has 2 aromatic rings. The molecule has 1 unspecified atom stereocenters. The first kappa shape index (κ1) is 17.5. The fourth-order valence-electron chi connectivity index (χ4n) is 3.43. The average molecular weight is 346 g/mol. The molecule has 1 aliphatic carbocycles. The second-order valence-electron chi connectivity index (χ2n) is 6.52. The number of nitrogens with zero attached hydrogens (tertiary/aromatic N) is 3. The van der Waals surface area contributed by atoms with E-state index in [9.17, 15) is 14.3 Å². The first-order valence-electron chi connectivity index (χ1n) is 8.77. The molecule has 134 valence electrons. The predicted molar refractivity (Wildman–Crippen MR) is 90.8 cm³/mol. The van der Waals surface area contributed by atoms with Crippen LogP contribution in [0.4, 0.5) is 4.39 Å². The third kappa shape index (κ3) is 4.42. The summed E-state index contributed by atoms with van der Waals surface area (Å²) < 4.78 is 14.4. The first-order chi connectivity index (χ1) is 12.2. The van der Waals surface area contributed by atoms with E-state index >= 15 is 0 Å². The molecule has 25 heavy (non-hydrogen) atoms. The van der Waals surface area contributed by atoms with Gasteiger partial charge >= 0.3 is 0 Å². The van der Waals surface area contributed by atoms with E-state index < -0.39 is 0 Å². The third-order valence-electron chi connectivity index (χ3n) is 4.79. The van der Waals surface area contributed by atoms with Crippen LogP contribution in [0.25, 0.3) is 5.69 Å². The van der Waals surface area contributed by atoms with Crippen LogP contribution in [0, 0.1) is 11.7 Å². The molecule has 0 bridgehead atoms. The van der Waals surface area contributed by atoms with Gasteiger partial charge in [-0.05, 0) is 49.4 Å². The SMILES string of the molecule is O=C(NC(CCO)C1CCCCC1)c1cn(-c2ccc(F)cc2)nn1. The third-order valence-corrected chi connectivity index (χ3v) is 4.79. The molecule has 1 atom stereocenters. The largest absolute Gasteiger partial charge is 0.396 e. The number of aliphatic hydroxyl groups is 1. The summed E-state index contributed by atoms with van der Waals surface area (Å²) in [5.74, 6) is -0.226. The minimum Gasteiger partial charge on any atom is -0.396 e. The lowest BCUT2D eigenvalue weighted by Gasteiger charge is -2.30. The van der Waals surface area contributed by atoms with Crippen LogP contribution < -0.4 is 5.32 Å². The van der Waals surface area contributed by atoms with Crippen LogP contribution in [-0.2, 0) is 0 Å². The molecule has 1 saturated carbocycles. The molecule has 1 amide bonds. The summed E-state index contributed by atoms with van der Waals surface area (Å²) in [6.45, 7) is 0.0454. The summed E-state index contributed by atoms with van der Waals surface area (Å²) in [5.41, 5.74) is 0.843. The maximum Gasteiger partial charge on any atom is 0.273 e. The van der Waals surface area contributed by atoms with Gasteiger partial charge < -0.3 is 10.4 Å². The number of amides is 1. The highest BCUT2D eigenvalue weighted by Crippen LogP contribution is 2.27. The van der Waals surface area contributed by atoms with Gasteiger partial charge in [-0.2, -0.15) is 0 Å². The number of hydrogen-bond acceptors (Lipinski definition) is 4. The molecular formula is C18H23FN4O2. The normalized spacial score (nSPS) is 16.6. The number of carbonyl (C=O) groups is 1. The Bertz CT molecular complexity index is 695. The highest BCUT2D eigenvalue weighted by Gasteiger charge is 2.26. The Hall–Kier alpha value is -2.28. The van der Waals surface area contributed by atoms with Gasteiger partial charge in [-0.15, -0.1) is 5.10 Å².